The van der Waals surface area contributed by atoms with Crippen LogP contribution in [0, 0.1) is 0 Å². The number of aliphatic hydroxyl groups is 10. The maximum absolute atomic E-state index is 14.5. The van der Waals surface area contributed by atoms with Crippen molar-refractivity contribution >= 4 is 29.5 Å². The SMILES string of the molecule is CC(=O)NC1C(OCCOCCOCCNC(=O)CN(CC(=O)NCCOCCOCCOC2OC(CO)C(O)C(O)C2NC(C)=O)C(Cc2ccc(-c3ccc(OC(C)C)cc3)cc2)C(=O)NCCOCCOCCOC2OC(CO)C(O)C(O)C2NC(C)O)OC(CO)C(O)C1O. The number of rotatable bonds is 48. The van der Waals surface area contributed by atoms with Crippen molar-refractivity contribution in [3.05, 3.63) is 54.1 Å². The molecule has 3 fully saturated rings. The van der Waals surface area contributed by atoms with E-state index in [-0.39, 0.29) is 131 Å². The highest BCUT2D eigenvalue weighted by Gasteiger charge is 2.48. The van der Waals surface area contributed by atoms with Crippen LogP contribution in [0.2, 0.25) is 0 Å². The molecule has 2 aromatic rings. The largest absolute Gasteiger partial charge is 0.491 e. The van der Waals surface area contributed by atoms with Crippen molar-refractivity contribution in [2.24, 2.45) is 0 Å². The lowest BCUT2D eigenvalue weighted by atomic mass is 9.97. The fourth-order valence-corrected chi connectivity index (χ4v) is 10.6. The highest BCUT2D eigenvalue weighted by atomic mass is 16.7. The molecule has 0 bridgehead atoms. The summed E-state index contributed by atoms with van der Waals surface area (Å²) in [5.41, 5.74) is 2.50. The van der Waals surface area contributed by atoms with Gasteiger partial charge in [-0.15, -0.1) is 0 Å². The molecule has 0 aromatic heterocycles. The quantitative estimate of drug-likeness (QED) is 0.0216. The van der Waals surface area contributed by atoms with E-state index in [1.807, 2.05) is 62.4 Å². The summed E-state index contributed by atoms with van der Waals surface area (Å²) in [6, 6.07) is 10.8. The van der Waals surface area contributed by atoms with Gasteiger partial charge >= 0.3 is 0 Å². The fourth-order valence-electron chi connectivity index (χ4n) is 10.6. The molecule has 0 aliphatic carbocycles. The van der Waals surface area contributed by atoms with Crippen LogP contribution < -0.4 is 36.6 Å². The summed E-state index contributed by atoms with van der Waals surface area (Å²) in [5, 5.41) is 117. The molecule has 17 unspecified atom stereocenters. The van der Waals surface area contributed by atoms with Gasteiger partial charge in [-0.05, 0) is 56.0 Å². The Hall–Kier alpha value is -5.37. The second-order valence-electron chi connectivity index (χ2n) is 23.7. The molecule has 5 rings (SSSR count). The molecule has 0 saturated carbocycles. The van der Waals surface area contributed by atoms with Crippen molar-refractivity contribution in [3.63, 3.8) is 0 Å². The minimum atomic E-state index is -1.47. The molecule has 0 spiro atoms. The highest BCUT2D eigenvalue weighted by molar-refractivity contribution is 5.86. The smallest absolute Gasteiger partial charge is 0.237 e. The molecule has 16 N–H and O–H groups in total. The normalized spacial score (nSPS) is 26.2. The number of benzene rings is 2. The predicted octanol–water partition coefficient (Wildman–Crippen LogP) is -6.53. The summed E-state index contributed by atoms with van der Waals surface area (Å²) >= 11 is 0. The van der Waals surface area contributed by atoms with Gasteiger partial charge in [0.15, 0.2) is 18.9 Å². The summed E-state index contributed by atoms with van der Waals surface area (Å²) in [7, 11) is 0. The number of nitrogens with zero attached hydrogens (tertiary/aromatic N) is 1. The number of hydrogen-bond donors (Lipinski definition) is 16. The standard InChI is InChI=1S/C64H105N7O28/c1-38(2)96-45-12-10-44(11-13-45)43-8-6-42(7-9-43)32-46(61(86)67-16-19-89-22-25-92-28-31-95-64-54(70-41(5)77)60(85)57(82)49(37-74)99-64)71(33-50(78)65-14-17-87-20-23-90-26-29-93-62-52(68-39(3)75)58(83)55(80)47(35-72)97-62)34-51(79)66-15-18-88-21-24-91-27-30-94-63-53(69-40(4)76)59(84)56(81)48(36-73)98-63/h6-13,38,41,46-49,52-60,62-64,70,72-74,77,80-85H,14-37H2,1-5H3,(H,65,78)(H,66,79)(H,67,86)(H,68,75)(H,69,76). The van der Waals surface area contributed by atoms with Gasteiger partial charge < -0.3 is 139 Å². The van der Waals surface area contributed by atoms with Crippen molar-refractivity contribution in [1.29, 1.82) is 0 Å². The zero-order valence-corrected chi connectivity index (χ0v) is 56.7. The second-order valence-corrected chi connectivity index (χ2v) is 23.7. The van der Waals surface area contributed by atoms with E-state index in [0.29, 0.717) is 11.3 Å². The molecule has 0 radical (unpaired) electrons. The van der Waals surface area contributed by atoms with Crippen LogP contribution in [0.5, 0.6) is 5.75 Å². The van der Waals surface area contributed by atoms with E-state index in [4.69, 9.17) is 61.6 Å². The molecule has 2 aromatic carbocycles. The van der Waals surface area contributed by atoms with E-state index in [1.54, 1.807) is 0 Å². The van der Waals surface area contributed by atoms with Gasteiger partial charge in [-0.3, -0.25) is 34.2 Å². The van der Waals surface area contributed by atoms with Crippen molar-refractivity contribution in [2.75, 3.05) is 152 Å². The number of hydrogen-bond acceptors (Lipinski definition) is 30. The average Bonchev–Trinajstić information content (AvgIpc) is 0.825. The lowest BCUT2D eigenvalue weighted by Crippen LogP contribution is -2.65. The van der Waals surface area contributed by atoms with Gasteiger partial charge in [-0.2, -0.15) is 0 Å². The van der Waals surface area contributed by atoms with E-state index >= 15 is 0 Å². The molecule has 35 heteroatoms. The Balaban J connectivity index is 1.17. The van der Waals surface area contributed by atoms with E-state index in [2.05, 4.69) is 31.9 Å². The van der Waals surface area contributed by atoms with Gasteiger partial charge in [0.05, 0.1) is 150 Å². The molecule has 3 heterocycles. The first kappa shape index (κ1) is 84.3. The Kier molecular flexibility index (Phi) is 39.4. The Morgan fingerprint density at radius 3 is 1.17 bits per heavy atom. The average molecular weight is 1420 g/mol. The van der Waals surface area contributed by atoms with Crippen LogP contribution >= 0.6 is 0 Å². The van der Waals surface area contributed by atoms with E-state index in [0.717, 1.165) is 11.1 Å². The molecule has 5 amide bonds. The van der Waals surface area contributed by atoms with Crippen LogP contribution in [-0.2, 0) is 87.2 Å². The predicted molar refractivity (Wildman–Crippen MR) is 346 cm³/mol. The molecule has 3 aliphatic rings. The third-order valence-electron chi connectivity index (χ3n) is 15.5. The number of nitrogens with one attached hydrogen (secondary N) is 6. The van der Waals surface area contributed by atoms with Gasteiger partial charge in [0.1, 0.15) is 79.0 Å². The molecular weight excluding hydrogens is 1310 g/mol. The van der Waals surface area contributed by atoms with Crippen LogP contribution in [-0.4, -0.2) is 347 Å². The molecule has 17 atom stereocenters. The third kappa shape index (κ3) is 29.9. The summed E-state index contributed by atoms with van der Waals surface area (Å²) in [6.45, 7) is 5.91. The molecule has 3 aliphatic heterocycles. The van der Waals surface area contributed by atoms with Crippen molar-refractivity contribution in [2.45, 2.75) is 151 Å². The zero-order chi connectivity index (χ0) is 72.2. The first-order valence-corrected chi connectivity index (χ1v) is 33.1. The van der Waals surface area contributed by atoms with Gasteiger partial charge in [0.2, 0.25) is 29.5 Å². The van der Waals surface area contributed by atoms with Crippen molar-refractivity contribution < 1.29 is 137 Å². The van der Waals surface area contributed by atoms with E-state index in [9.17, 15) is 75.0 Å². The Labute approximate surface area is 575 Å². The lowest BCUT2D eigenvalue weighted by molar-refractivity contribution is -0.275. The van der Waals surface area contributed by atoms with Crippen LogP contribution in [0.3, 0.4) is 0 Å². The number of carbonyl (C=O) groups is 5. The number of amides is 5. The topological polar surface area (TPSA) is 483 Å². The highest BCUT2D eigenvalue weighted by Crippen LogP contribution is 2.27. The van der Waals surface area contributed by atoms with Crippen molar-refractivity contribution in [3.8, 4) is 16.9 Å². The van der Waals surface area contributed by atoms with Crippen LogP contribution in [0.25, 0.3) is 11.1 Å². The van der Waals surface area contributed by atoms with Gasteiger partial charge in [0.25, 0.3) is 0 Å². The van der Waals surface area contributed by atoms with Crippen LogP contribution in [0.4, 0.5) is 0 Å². The van der Waals surface area contributed by atoms with Crippen LogP contribution in [0.15, 0.2) is 48.5 Å². The monoisotopic (exact) mass is 1420 g/mol. The van der Waals surface area contributed by atoms with Crippen LogP contribution in [0.1, 0.15) is 40.2 Å². The summed E-state index contributed by atoms with van der Waals surface area (Å²) < 4.78 is 73.5. The molecule has 99 heavy (non-hydrogen) atoms. The molecular formula is C64H105N7O28. The lowest BCUT2D eigenvalue weighted by Gasteiger charge is -2.42. The zero-order valence-electron chi connectivity index (χ0n) is 56.7. The first-order valence-electron chi connectivity index (χ1n) is 33.1. The minimum absolute atomic E-state index is 0.0118. The number of aliphatic hydroxyl groups excluding tert-OH is 10. The fraction of sp³-hybridized carbons (Fsp3) is 0.734. The van der Waals surface area contributed by atoms with Gasteiger partial charge in [-0.25, -0.2) is 0 Å². The van der Waals surface area contributed by atoms with E-state index in [1.165, 1.54) is 25.7 Å². The first-order chi connectivity index (χ1) is 47.5. The van der Waals surface area contributed by atoms with Crippen molar-refractivity contribution in [1.82, 2.24) is 36.8 Å². The number of ether oxygens (including phenoxy) is 13. The van der Waals surface area contributed by atoms with E-state index < -0.39 is 167 Å². The number of carbonyl (C=O) groups excluding carboxylic acids is 5. The Bertz CT molecular complexity index is 2520. The third-order valence-corrected chi connectivity index (χ3v) is 15.5. The minimum Gasteiger partial charge on any atom is -0.491 e. The molecule has 3 saturated heterocycles. The molecule has 35 nitrogen and oxygen atoms in total. The Morgan fingerprint density at radius 2 is 0.808 bits per heavy atom. The Morgan fingerprint density at radius 1 is 0.465 bits per heavy atom. The molecule has 564 valence electrons. The summed E-state index contributed by atoms with van der Waals surface area (Å²) in [5.74, 6) is -1.89. The summed E-state index contributed by atoms with van der Waals surface area (Å²) in [4.78, 5) is 67.2. The van der Waals surface area contributed by atoms with Gasteiger partial charge in [-0.1, -0.05) is 36.4 Å². The summed E-state index contributed by atoms with van der Waals surface area (Å²) in [6.07, 6.45) is -16.7. The second kappa shape index (κ2) is 46.3. The maximum Gasteiger partial charge on any atom is 0.237 e. The van der Waals surface area contributed by atoms with Gasteiger partial charge in [0, 0.05) is 33.5 Å². The maximum atomic E-state index is 14.5.